The molecule has 0 spiro atoms. The highest BCUT2D eigenvalue weighted by Gasteiger charge is 2.24. The van der Waals surface area contributed by atoms with Crippen molar-refractivity contribution in [3.63, 3.8) is 0 Å². The number of rotatable bonds is 8. The fourth-order valence-corrected chi connectivity index (χ4v) is 3.68. The Hall–Kier alpha value is -0.860. The van der Waals surface area contributed by atoms with Crippen molar-refractivity contribution in [1.29, 1.82) is 0 Å². The molecule has 0 atom stereocenters. The fraction of sp³-hybridized carbons (Fsp3) is 0.478. The molecule has 0 amide bonds. The highest BCUT2D eigenvalue weighted by molar-refractivity contribution is 7.80. The lowest BCUT2D eigenvalue weighted by molar-refractivity contribution is 0.637. The van der Waals surface area contributed by atoms with E-state index in [4.69, 9.17) is 0 Å². The van der Waals surface area contributed by atoms with Gasteiger partial charge in [0.15, 0.2) is 0 Å². The molecular formula is C23H32S2. The smallest absolute Gasteiger partial charge is 0.0146 e. The minimum atomic E-state index is 0.00678. The van der Waals surface area contributed by atoms with E-state index in [0.29, 0.717) is 0 Å². The summed E-state index contributed by atoms with van der Waals surface area (Å²) in [6.07, 6.45) is 4.49. The van der Waals surface area contributed by atoms with Crippen molar-refractivity contribution in [3.05, 3.63) is 69.8 Å². The molecule has 25 heavy (non-hydrogen) atoms. The molecule has 0 fully saturated rings. The summed E-state index contributed by atoms with van der Waals surface area (Å²) in [6, 6.07) is 14.0. The maximum absolute atomic E-state index is 4.37. The number of hydrogen-bond donors (Lipinski definition) is 2. The predicted molar refractivity (Wildman–Crippen MR) is 119 cm³/mol. The minimum absolute atomic E-state index is 0.00678. The Labute approximate surface area is 165 Å². The molecule has 0 nitrogen and oxygen atoms in total. The molecule has 0 saturated heterocycles. The molecule has 136 valence electrons. The first kappa shape index (κ1) is 20.5. The standard InChI is InChI=1S/C23H32S2/c1-17-9-11-21(15-19(17)7-5-13-24)23(3,4)22-12-10-18(2)20(16-22)8-6-14-25/h9-12,15-16,24-25H,5-8,13-14H2,1-4H3. The average molecular weight is 373 g/mol. The Kier molecular flexibility index (Phi) is 7.51. The predicted octanol–water partition coefficient (Wildman–Crippen LogP) is 6.35. The summed E-state index contributed by atoms with van der Waals surface area (Å²) in [4.78, 5) is 0. The SMILES string of the molecule is Cc1ccc(C(C)(C)c2ccc(C)c(CCCS)c2)cc1CCCS. The Morgan fingerprint density at radius 2 is 1.12 bits per heavy atom. The van der Waals surface area contributed by atoms with Crippen LogP contribution in [0.1, 0.15) is 60.1 Å². The lowest BCUT2D eigenvalue weighted by Gasteiger charge is -2.28. The quantitative estimate of drug-likeness (QED) is 0.495. The third-order valence-corrected chi connectivity index (χ3v) is 5.98. The zero-order valence-corrected chi connectivity index (χ0v) is 17.9. The van der Waals surface area contributed by atoms with Gasteiger partial charge < -0.3 is 0 Å². The van der Waals surface area contributed by atoms with Crippen LogP contribution in [0, 0.1) is 13.8 Å². The van der Waals surface area contributed by atoms with Gasteiger partial charge in [0, 0.05) is 5.41 Å². The summed E-state index contributed by atoms with van der Waals surface area (Å²) in [6.45, 7) is 9.11. The van der Waals surface area contributed by atoms with E-state index in [1.54, 1.807) is 0 Å². The molecular weight excluding hydrogens is 340 g/mol. The lowest BCUT2D eigenvalue weighted by atomic mass is 9.76. The van der Waals surface area contributed by atoms with Crippen molar-refractivity contribution in [2.45, 2.75) is 58.8 Å². The summed E-state index contributed by atoms with van der Waals surface area (Å²) in [5.41, 5.74) is 8.50. The molecule has 2 aromatic rings. The van der Waals surface area contributed by atoms with E-state index in [1.807, 2.05) is 0 Å². The van der Waals surface area contributed by atoms with E-state index in [0.717, 1.165) is 37.2 Å². The lowest BCUT2D eigenvalue weighted by Crippen LogP contribution is -2.20. The summed E-state index contributed by atoms with van der Waals surface area (Å²) < 4.78 is 0. The van der Waals surface area contributed by atoms with Crippen LogP contribution < -0.4 is 0 Å². The number of hydrogen-bond acceptors (Lipinski definition) is 2. The second-order valence-electron chi connectivity index (χ2n) is 7.56. The zero-order chi connectivity index (χ0) is 18.4. The van der Waals surface area contributed by atoms with Crippen molar-refractivity contribution in [2.75, 3.05) is 11.5 Å². The van der Waals surface area contributed by atoms with Crippen molar-refractivity contribution < 1.29 is 0 Å². The van der Waals surface area contributed by atoms with Crippen LogP contribution in [0.15, 0.2) is 36.4 Å². The van der Waals surface area contributed by atoms with Gasteiger partial charge in [0.1, 0.15) is 0 Å². The van der Waals surface area contributed by atoms with Crippen molar-refractivity contribution in [1.82, 2.24) is 0 Å². The van der Waals surface area contributed by atoms with Crippen LogP contribution in [0.25, 0.3) is 0 Å². The molecule has 0 saturated carbocycles. The maximum atomic E-state index is 4.37. The minimum Gasteiger partial charge on any atom is -0.179 e. The van der Waals surface area contributed by atoms with E-state index in [9.17, 15) is 0 Å². The molecule has 2 aromatic carbocycles. The molecule has 0 aliphatic rings. The molecule has 0 aliphatic carbocycles. The zero-order valence-electron chi connectivity index (χ0n) is 16.1. The van der Waals surface area contributed by atoms with E-state index in [1.165, 1.54) is 33.4 Å². The van der Waals surface area contributed by atoms with Gasteiger partial charge in [-0.1, -0.05) is 50.2 Å². The third kappa shape index (κ3) is 5.08. The fourth-order valence-electron chi connectivity index (χ4n) is 3.36. The first-order valence-corrected chi connectivity index (χ1v) is 10.6. The number of benzene rings is 2. The molecule has 0 unspecified atom stereocenters. The molecule has 2 heteroatoms. The normalized spacial score (nSPS) is 11.8. The van der Waals surface area contributed by atoms with Crippen LogP contribution in [0.3, 0.4) is 0 Å². The first-order valence-electron chi connectivity index (χ1n) is 9.32. The van der Waals surface area contributed by atoms with Crippen LogP contribution in [0.5, 0.6) is 0 Å². The molecule has 0 N–H and O–H groups in total. The number of aryl methyl sites for hydroxylation is 4. The van der Waals surface area contributed by atoms with Crippen LogP contribution in [0.4, 0.5) is 0 Å². The highest BCUT2D eigenvalue weighted by atomic mass is 32.1. The Balaban J connectivity index is 2.37. The molecule has 0 bridgehead atoms. The Morgan fingerprint density at radius 3 is 1.48 bits per heavy atom. The summed E-state index contributed by atoms with van der Waals surface area (Å²) >= 11 is 8.74. The van der Waals surface area contributed by atoms with E-state index < -0.39 is 0 Å². The second-order valence-corrected chi connectivity index (χ2v) is 8.46. The first-order chi connectivity index (χ1) is 11.9. The van der Waals surface area contributed by atoms with Crippen LogP contribution in [0.2, 0.25) is 0 Å². The van der Waals surface area contributed by atoms with Gasteiger partial charge in [-0.3, -0.25) is 0 Å². The second kappa shape index (κ2) is 9.19. The average Bonchev–Trinajstić information content (AvgIpc) is 2.60. The van der Waals surface area contributed by atoms with Gasteiger partial charge >= 0.3 is 0 Å². The topological polar surface area (TPSA) is 0 Å². The highest BCUT2D eigenvalue weighted by Crippen LogP contribution is 2.34. The van der Waals surface area contributed by atoms with Gasteiger partial charge in [-0.15, -0.1) is 0 Å². The van der Waals surface area contributed by atoms with E-state index in [-0.39, 0.29) is 5.41 Å². The summed E-state index contributed by atoms with van der Waals surface area (Å²) in [5.74, 6) is 1.89. The van der Waals surface area contributed by atoms with Gasteiger partial charge in [0.2, 0.25) is 0 Å². The van der Waals surface area contributed by atoms with Gasteiger partial charge in [-0.25, -0.2) is 0 Å². The largest absolute Gasteiger partial charge is 0.179 e. The van der Waals surface area contributed by atoms with Crippen LogP contribution in [-0.4, -0.2) is 11.5 Å². The number of thiol groups is 2. The van der Waals surface area contributed by atoms with Gasteiger partial charge in [-0.05, 0) is 84.4 Å². The van der Waals surface area contributed by atoms with Gasteiger partial charge in [0.05, 0.1) is 0 Å². The van der Waals surface area contributed by atoms with Crippen molar-refractivity contribution in [3.8, 4) is 0 Å². The van der Waals surface area contributed by atoms with E-state index in [2.05, 4.69) is 89.4 Å². The van der Waals surface area contributed by atoms with Crippen LogP contribution >= 0.6 is 25.3 Å². The van der Waals surface area contributed by atoms with Crippen molar-refractivity contribution >= 4 is 25.3 Å². The van der Waals surface area contributed by atoms with Gasteiger partial charge in [0.25, 0.3) is 0 Å². The third-order valence-electron chi connectivity index (χ3n) is 5.35. The summed E-state index contributed by atoms with van der Waals surface area (Å²) in [7, 11) is 0. The van der Waals surface area contributed by atoms with Crippen LogP contribution in [-0.2, 0) is 18.3 Å². The molecule has 2 rings (SSSR count). The monoisotopic (exact) mass is 372 g/mol. The molecule has 0 aromatic heterocycles. The molecule has 0 radical (unpaired) electrons. The molecule has 0 aliphatic heterocycles. The molecule has 0 heterocycles. The Bertz CT molecular complexity index is 642. The Morgan fingerprint density at radius 1 is 0.720 bits per heavy atom. The van der Waals surface area contributed by atoms with Gasteiger partial charge in [-0.2, -0.15) is 25.3 Å². The summed E-state index contributed by atoms with van der Waals surface area (Å²) in [5, 5.41) is 0. The van der Waals surface area contributed by atoms with E-state index >= 15 is 0 Å². The van der Waals surface area contributed by atoms with Crippen molar-refractivity contribution in [2.24, 2.45) is 0 Å². The maximum Gasteiger partial charge on any atom is 0.0146 e.